The van der Waals surface area contributed by atoms with Gasteiger partial charge in [-0.1, -0.05) is 30.3 Å². The zero-order valence-electron chi connectivity index (χ0n) is 12.2. The summed E-state index contributed by atoms with van der Waals surface area (Å²) >= 11 is 0. The Hall–Kier alpha value is -1.89. The van der Waals surface area contributed by atoms with Gasteiger partial charge in [0.15, 0.2) is 0 Å². The molecule has 0 bridgehead atoms. The van der Waals surface area contributed by atoms with Crippen LogP contribution in [0.5, 0.6) is 0 Å². The Labute approximate surface area is 128 Å². The molecule has 6 nitrogen and oxygen atoms in total. The molecular formula is C16H20O6. The summed E-state index contributed by atoms with van der Waals surface area (Å²) in [6.07, 6.45) is 1.53. The van der Waals surface area contributed by atoms with E-state index in [9.17, 15) is 4.79 Å². The van der Waals surface area contributed by atoms with E-state index in [4.69, 9.17) is 24.4 Å². The minimum absolute atomic E-state index is 0.0398. The zero-order chi connectivity index (χ0) is 15.8. The number of carboxylic acids is 1. The van der Waals surface area contributed by atoms with Crippen LogP contribution in [-0.2, 0) is 19.0 Å². The van der Waals surface area contributed by atoms with E-state index < -0.39 is 12.3 Å². The van der Waals surface area contributed by atoms with Crippen LogP contribution < -0.4 is 0 Å². The number of aliphatic hydroxyl groups is 1. The maximum Gasteiger partial charge on any atom is 0.370 e. The first-order chi connectivity index (χ1) is 10.7. The van der Waals surface area contributed by atoms with Crippen LogP contribution in [0.2, 0.25) is 0 Å². The lowest BCUT2D eigenvalue weighted by Crippen LogP contribution is -2.28. The first-order valence-electron chi connectivity index (χ1n) is 7.17. The van der Waals surface area contributed by atoms with Crippen LogP contribution in [0.25, 0.3) is 0 Å². The van der Waals surface area contributed by atoms with Crippen LogP contribution in [0.15, 0.2) is 42.2 Å². The summed E-state index contributed by atoms with van der Waals surface area (Å²) in [4.78, 5) is 11.2. The van der Waals surface area contributed by atoms with Crippen molar-refractivity contribution >= 4 is 5.97 Å². The molecule has 1 aliphatic heterocycles. The van der Waals surface area contributed by atoms with Gasteiger partial charge in [-0.25, -0.2) is 4.79 Å². The van der Waals surface area contributed by atoms with Crippen LogP contribution in [0.4, 0.5) is 0 Å². The second kappa shape index (κ2) is 8.53. The molecule has 2 N–H and O–H groups in total. The minimum Gasteiger partial charge on any atom is -0.475 e. The Bertz CT molecular complexity index is 499. The summed E-state index contributed by atoms with van der Waals surface area (Å²) in [5.41, 5.74) is 1.02. The Balaban J connectivity index is 1.96. The van der Waals surface area contributed by atoms with Gasteiger partial charge < -0.3 is 24.4 Å². The largest absolute Gasteiger partial charge is 0.475 e. The predicted octanol–water partition coefficient (Wildman–Crippen LogP) is 1.51. The van der Waals surface area contributed by atoms with Crippen LogP contribution >= 0.6 is 0 Å². The van der Waals surface area contributed by atoms with E-state index in [0.29, 0.717) is 13.0 Å². The predicted molar refractivity (Wildman–Crippen MR) is 78.2 cm³/mol. The molecule has 2 rings (SSSR count). The minimum atomic E-state index is -1.11. The van der Waals surface area contributed by atoms with Gasteiger partial charge in [-0.05, 0) is 11.6 Å². The number of hydrogen-bond donors (Lipinski definition) is 2. The number of rotatable bonds is 8. The first-order valence-corrected chi connectivity index (χ1v) is 7.17. The molecule has 120 valence electrons. The standard InChI is InChI=1S/C16H20O6/c17-6-7-20-8-9-21-15-11-13(10-14(22-15)16(18)19)12-4-2-1-3-5-12/h1-5,10,13,15,17H,6-9,11H2,(H,18,19)/t13-,15+/m0/s1. The van der Waals surface area contributed by atoms with Crippen molar-refractivity contribution in [2.24, 2.45) is 0 Å². The Morgan fingerprint density at radius 2 is 2.00 bits per heavy atom. The molecule has 0 aromatic heterocycles. The summed E-state index contributed by atoms with van der Waals surface area (Å²) in [5.74, 6) is -1.27. The van der Waals surface area contributed by atoms with Gasteiger partial charge in [0, 0.05) is 12.3 Å². The molecule has 1 aromatic carbocycles. The van der Waals surface area contributed by atoms with Crippen molar-refractivity contribution in [1.82, 2.24) is 0 Å². The van der Waals surface area contributed by atoms with E-state index >= 15 is 0 Å². The van der Waals surface area contributed by atoms with Gasteiger partial charge in [0.25, 0.3) is 0 Å². The first kappa shape index (κ1) is 16.5. The summed E-state index contributed by atoms with van der Waals surface area (Å²) in [6.45, 7) is 0.811. The zero-order valence-corrected chi connectivity index (χ0v) is 12.2. The lowest BCUT2D eigenvalue weighted by atomic mass is 9.93. The van der Waals surface area contributed by atoms with Gasteiger partial charge in [0.2, 0.25) is 12.0 Å². The van der Waals surface area contributed by atoms with Crippen molar-refractivity contribution in [2.45, 2.75) is 18.6 Å². The molecule has 6 heteroatoms. The fourth-order valence-electron chi connectivity index (χ4n) is 2.25. The number of allylic oxidation sites excluding steroid dienone is 1. The molecule has 0 amide bonds. The highest BCUT2D eigenvalue weighted by Crippen LogP contribution is 2.31. The van der Waals surface area contributed by atoms with Crippen molar-refractivity contribution in [3.05, 3.63) is 47.7 Å². The highest BCUT2D eigenvalue weighted by Gasteiger charge is 2.28. The highest BCUT2D eigenvalue weighted by molar-refractivity contribution is 5.84. The molecule has 0 radical (unpaired) electrons. The van der Waals surface area contributed by atoms with Crippen LogP contribution in [0.1, 0.15) is 17.9 Å². The third-order valence-corrected chi connectivity index (χ3v) is 3.26. The Morgan fingerprint density at radius 1 is 1.23 bits per heavy atom. The smallest absolute Gasteiger partial charge is 0.370 e. The van der Waals surface area contributed by atoms with E-state index in [1.807, 2.05) is 30.3 Å². The van der Waals surface area contributed by atoms with E-state index in [1.54, 1.807) is 6.08 Å². The summed E-state index contributed by atoms with van der Waals surface area (Å²) in [5, 5.41) is 17.8. The van der Waals surface area contributed by atoms with Crippen LogP contribution in [0, 0.1) is 0 Å². The average molecular weight is 308 g/mol. The second-order valence-corrected chi connectivity index (χ2v) is 4.84. The van der Waals surface area contributed by atoms with Gasteiger partial charge >= 0.3 is 5.97 Å². The maximum atomic E-state index is 11.2. The van der Waals surface area contributed by atoms with E-state index in [0.717, 1.165) is 5.56 Å². The Morgan fingerprint density at radius 3 is 2.68 bits per heavy atom. The molecule has 22 heavy (non-hydrogen) atoms. The second-order valence-electron chi connectivity index (χ2n) is 4.84. The van der Waals surface area contributed by atoms with Crippen molar-refractivity contribution < 1.29 is 29.2 Å². The summed E-state index contributed by atoms with van der Waals surface area (Å²) in [6, 6.07) is 9.65. The quantitative estimate of drug-likeness (QED) is 0.708. The van der Waals surface area contributed by atoms with Gasteiger partial charge in [-0.2, -0.15) is 0 Å². The summed E-state index contributed by atoms with van der Waals surface area (Å²) < 4.78 is 16.0. The monoisotopic (exact) mass is 308 g/mol. The van der Waals surface area contributed by atoms with Crippen LogP contribution in [-0.4, -0.2) is 48.9 Å². The number of aliphatic hydroxyl groups excluding tert-OH is 1. The molecule has 0 spiro atoms. The summed E-state index contributed by atoms with van der Waals surface area (Å²) in [7, 11) is 0. The van der Waals surface area contributed by atoms with E-state index in [1.165, 1.54) is 0 Å². The van der Waals surface area contributed by atoms with E-state index in [2.05, 4.69) is 0 Å². The molecule has 1 heterocycles. The van der Waals surface area contributed by atoms with Gasteiger partial charge in [-0.3, -0.25) is 0 Å². The van der Waals surface area contributed by atoms with Gasteiger partial charge in [0.05, 0.1) is 26.4 Å². The SMILES string of the molecule is O=C(O)C1=C[C@H](c2ccccc2)C[C@H](OCCOCCO)O1. The van der Waals surface area contributed by atoms with Crippen molar-refractivity contribution in [3.63, 3.8) is 0 Å². The molecule has 1 aromatic rings. The van der Waals surface area contributed by atoms with Crippen molar-refractivity contribution in [2.75, 3.05) is 26.4 Å². The number of ether oxygens (including phenoxy) is 3. The normalized spacial score (nSPS) is 21.0. The molecule has 0 saturated heterocycles. The molecule has 0 saturated carbocycles. The molecule has 0 unspecified atom stereocenters. The molecule has 0 fully saturated rings. The fraction of sp³-hybridized carbons (Fsp3) is 0.438. The van der Waals surface area contributed by atoms with Crippen molar-refractivity contribution in [3.8, 4) is 0 Å². The third-order valence-electron chi connectivity index (χ3n) is 3.26. The fourth-order valence-corrected chi connectivity index (χ4v) is 2.25. The van der Waals surface area contributed by atoms with Gasteiger partial charge in [0.1, 0.15) is 0 Å². The molecule has 0 aliphatic carbocycles. The van der Waals surface area contributed by atoms with Gasteiger partial charge in [-0.15, -0.1) is 0 Å². The van der Waals surface area contributed by atoms with E-state index in [-0.39, 0.29) is 31.5 Å². The number of benzene rings is 1. The average Bonchev–Trinajstić information content (AvgIpc) is 2.55. The number of hydrogen-bond acceptors (Lipinski definition) is 5. The molecular weight excluding hydrogens is 288 g/mol. The van der Waals surface area contributed by atoms with Crippen LogP contribution in [0.3, 0.4) is 0 Å². The number of carboxylic acid groups (broad SMARTS) is 1. The lowest BCUT2D eigenvalue weighted by molar-refractivity contribution is -0.160. The third kappa shape index (κ3) is 4.84. The number of aliphatic carboxylic acids is 1. The Kier molecular flexibility index (Phi) is 6.39. The maximum absolute atomic E-state index is 11.2. The molecule has 1 aliphatic rings. The topological polar surface area (TPSA) is 85.2 Å². The lowest BCUT2D eigenvalue weighted by Gasteiger charge is -2.28. The number of carbonyl (C=O) groups is 1. The highest BCUT2D eigenvalue weighted by atomic mass is 16.7. The van der Waals surface area contributed by atoms with Crippen molar-refractivity contribution in [1.29, 1.82) is 0 Å². The molecule has 2 atom stereocenters.